The summed E-state index contributed by atoms with van der Waals surface area (Å²) in [5.74, 6) is 1.04. The number of carbonyl (C=O) groups excluding carboxylic acids is 1. The van der Waals surface area contributed by atoms with Gasteiger partial charge in [0.2, 0.25) is 5.91 Å². The molecule has 0 spiro atoms. The summed E-state index contributed by atoms with van der Waals surface area (Å²) in [6.45, 7) is 0.727. The standard InChI is InChI=1S/C23H22FNO3/c1-27-22-8-3-2-6-19(22)14-23(26)25-15-17-9-11-21(12-10-17)28-16-18-5-4-7-20(24)13-18/h2-13H,14-16H2,1H3,(H,25,26). The third-order valence-electron chi connectivity index (χ3n) is 4.25. The van der Waals surface area contributed by atoms with Gasteiger partial charge in [0.25, 0.3) is 0 Å². The number of amides is 1. The lowest BCUT2D eigenvalue weighted by atomic mass is 10.1. The number of halogens is 1. The average molecular weight is 379 g/mol. The van der Waals surface area contributed by atoms with Crippen LogP contribution < -0.4 is 14.8 Å². The van der Waals surface area contributed by atoms with E-state index in [2.05, 4.69) is 5.32 Å². The van der Waals surface area contributed by atoms with Gasteiger partial charge in [-0.05, 0) is 41.5 Å². The molecular weight excluding hydrogens is 357 g/mol. The number of hydrogen-bond acceptors (Lipinski definition) is 3. The van der Waals surface area contributed by atoms with Crippen molar-refractivity contribution in [2.24, 2.45) is 0 Å². The first-order valence-corrected chi connectivity index (χ1v) is 8.99. The van der Waals surface area contributed by atoms with Crippen LogP contribution in [0.15, 0.2) is 72.8 Å². The molecule has 3 aromatic rings. The molecule has 0 aliphatic rings. The topological polar surface area (TPSA) is 47.6 Å². The van der Waals surface area contributed by atoms with E-state index in [4.69, 9.17) is 9.47 Å². The predicted octanol–water partition coefficient (Wildman–Crippen LogP) is 4.27. The summed E-state index contributed by atoms with van der Waals surface area (Å²) in [7, 11) is 1.59. The molecule has 0 aliphatic heterocycles. The third kappa shape index (κ3) is 5.58. The van der Waals surface area contributed by atoms with Crippen LogP contribution in [0.3, 0.4) is 0 Å². The maximum Gasteiger partial charge on any atom is 0.224 e. The van der Waals surface area contributed by atoms with E-state index in [-0.39, 0.29) is 18.1 Å². The van der Waals surface area contributed by atoms with Gasteiger partial charge in [0, 0.05) is 12.1 Å². The molecule has 0 saturated heterocycles. The molecule has 0 radical (unpaired) electrons. The number of ether oxygens (including phenoxy) is 2. The second kappa shape index (κ2) is 9.55. The Morgan fingerprint density at radius 3 is 2.50 bits per heavy atom. The molecule has 144 valence electrons. The second-order valence-electron chi connectivity index (χ2n) is 6.33. The quantitative estimate of drug-likeness (QED) is 0.636. The number of rotatable bonds is 8. The van der Waals surface area contributed by atoms with Crippen molar-refractivity contribution in [3.05, 3.63) is 95.3 Å². The molecule has 1 amide bonds. The van der Waals surface area contributed by atoms with Crippen molar-refractivity contribution in [1.29, 1.82) is 0 Å². The van der Waals surface area contributed by atoms with E-state index in [1.807, 2.05) is 54.6 Å². The smallest absolute Gasteiger partial charge is 0.224 e. The van der Waals surface area contributed by atoms with Gasteiger partial charge in [-0.2, -0.15) is 0 Å². The molecule has 0 unspecified atom stereocenters. The van der Waals surface area contributed by atoms with E-state index in [9.17, 15) is 9.18 Å². The third-order valence-corrected chi connectivity index (χ3v) is 4.25. The zero-order chi connectivity index (χ0) is 19.8. The fourth-order valence-corrected chi connectivity index (χ4v) is 2.78. The predicted molar refractivity (Wildman–Crippen MR) is 106 cm³/mol. The van der Waals surface area contributed by atoms with Gasteiger partial charge in [0.15, 0.2) is 0 Å². The lowest BCUT2D eigenvalue weighted by molar-refractivity contribution is -0.120. The molecule has 3 rings (SSSR count). The number of hydrogen-bond donors (Lipinski definition) is 1. The molecule has 0 bridgehead atoms. The summed E-state index contributed by atoms with van der Waals surface area (Å²) < 4.78 is 24.1. The lowest BCUT2D eigenvalue weighted by Crippen LogP contribution is -2.24. The molecule has 3 aromatic carbocycles. The highest BCUT2D eigenvalue weighted by Crippen LogP contribution is 2.18. The molecular formula is C23H22FNO3. The van der Waals surface area contributed by atoms with E-state index in [1.165, 1.54) is 12.1 Å². The van der Waals surface area contributed by atoms with Gasteiger partial charge in [-0.3, -0.25) is 4.79 Å². The fourth-order valence-electron chi connectivity index (χ4n) is 2.78. The highest BCUT2D eigenvalue weighted by molar-refractivity contribution is 5.79. The largest absolute Gasteiger partial charge is 0.496 e. The Kier molecular flexibility index (Phi) is 6.63. The molecule has 0 heterocycles. The Balaban J connectivity index is 1.48. The van der Waals surface area contributed by atoms with Gasteiger partial charge < -0.3 is 14.8 Å². The van der Waals surface area contributed by atoms with Crippen LogP contribution in [0.5, 0.6) is 11.5 Å². The van der Waals surface area contributed by atoms with Gasteiger partial charge in [-0.25, -0.2) is 4.39 Å². The summed E-state index contributed by atoms with van der Waals surface area (Å²) in [4.78, 5) is 12.2. The van der Waals surface area contributed by atoms with Crippen molar-refractivity contribution in [3.8, 4) is 11.5 Å². The highest BCUT2D eigenvalue weighted by Gasteiger charge is 2.08. The SMILES string of the molecule is COc1ccccc1CC(=O)NCc1ccc(OCc2cccc(F)c2)cc1. The minimum atomic E-state index is -0.277. The Labute approximate surface area is 163 Å². The Hall–Kier alpha value is -3.34. The zero-order valence-corrected chi connectivity index (χ0v) is 15.7. The molecule has 1 N–H and O–H groups in total. The van der Waals surface area contributed by atoms with Crippen LogP contribution >= 0.6 is 0 Å². The van der Waals surface area contributed by atoms with Gasteiger partial charge in [0.05, 0.1) is 13.5 Å². The molecule has 5 heteroatoms. The fraction of sp³-hybridized carbons (Fsp3) is 0.174. The minimum Gasteiger partial charge on any atom is -0.496 e. The van der Waals surface area contributed by atoms with E-state index >= 15 is 0 Å². The minimum absolute atomic E-state index is 0.0732. The van der Waals surface area contributed by atoms with Crippen molar-refractivity contribution in [1.82, 2.24) is 5.32 Å². The normalized spacial score (nSPS) is 10.4. The average Bonchev–Trinajstić information content (AvgIpc) is 2.72. The first kappa shape index (κ1) is 19.4. The van der Waals surface area contributed by atoms with Crippen LogP contribution in [0.1, 0.15) is 16.7 Å². The Morgan fingerprint density at radius 1 is 0.964 bits per heavy atom. The zero-order valence-electron chi connectivity index (χ0n) is 15.7. The van der Waals surface area contributed by atoms with Gasteiger partial charge in [-0.1, -0.05) is 42.5 Å². The molecule has 4 nitrogen and oxygen atoms in total. The molecule has 0 aromatic heterocycles. The number of nitrogens with one attached hydrogen (secondary N) is 1. The maximum atomic E-state index is 13.2. The Morgan fingerprint density at radius 2 is 1.75 bits per heavy atom. The van der Waals surface area contributed by atoms with E-state index in [0.717, 1.165) is 16.7 Å². The maximum absolute atomic E-state index is 13.2. The summed E-state index contributed by atoms with van der Waals surface area (Å²) in [5.41, 5.74) is 2.59. The summed E-state index contributed by atoms with van der Waals surface area (Å²) in [6.07, 6.45) is 0.263. The van der Waals surface area contributed by atoms with Crippen LogP contribution in [-0.2, 0) is 24.4 Å². The van der Waals surface area contributed by atoms with Crippen molar-refractivity contribution in [2.45, 2.75) is 19.6 Å². The number of benzene rings is 3. The lowest BCUT2D eigenvalue weighted by Gasteiger charge is -2.10. The molecule has 0 saturated carbocycles. The van der Waals surface area contributed by atoms with Crippen LogP contribution in [0.2, 0.25) is 0 Å². The second-order valence-corrected chi connectivity index (χ2v) is 6.33. The first-order valence-electron chi connectivity index (χ1n) is 8.99. The number of para-hydroxylation sites is 1. The van der Waals surface area contributed by atoms with Crippen LogP contribution in [-0.4, -0.2) is 13.0 Å². The van der Waals surface area contributed by atoms with Gasteiger partial charge >= 0.3 is 0 Å². The van der Waals surface area contributed by atoms with Crippen LogP contribution in [0.4, 0.5) is 4.39 Å². The summed E-state index contributed by atoms with van der Waals surface area (Å²) >= 11 is 0. The van der Waals surface area contributed by atoms with Gasteiger partial charge in [0.1, 0.15) is 23.9 Å². The van der Waals surface area contributed by atoms with Crippen LogP contribution in [0.25, 0.3) is 0 Å². The van der Waals surface area contributed by atoms with E-state index in [0.29, 0.717) is 24.7 Å². The highest BCUT2D eigenvalue weighted by atomic mass is 19.1. The number of carbonyl (C=O) groups is 1. The molecule has 0 atom stereocenters. The summed E-state index contributed by atoms with van der Waals surface area (Å²) in [5, 5.41) is 2.91. The monoisotopic (exact) mass is 379 g/mol. The van der Waals surface area contributed by atoms with Crippen LogP contribution in [0, 0.1) is 5.82 Å². The molecule has 0 fully saturated rings. The Bertz CT molecular complexity index is 925. The van der Waals surface area contributed by atoms with Gasteiger partial charge in [-0.15, -0.1) is 0 Å². The van der Waals surface area contributed by atoms with E-state index in [1.54, 1.807) is 13.2 Å². The van der Waals surface area contributed by atoms with Crippen molar-refractivity contribution in [2.75, 3.05) is 7.11 Å². The first-order chi connectivity index (χ1) is 13.6. The summed E-state index contributed by atoms with van der Waals surface area (Å²) in [6, 6.07) is 21.3. The molecule has 28 heavy (non-hydrogen) atoms. The van der Waals surface area contributed by atoms with Crippen molar-refractivity contribution in [3.63, 3.8) is 0 Å². The van der Waals surface area contributed by atoms with Crippen molar-refractivity contribution < 1.29 is 18.7 Å². The molecule has 0 aliphatic carbocycles. The van der Waals surface area contributed by atoms with E-state index < -0.39 is 0 Å². The number of methoxy groups -OCH3 is 1. The van der Waals surface area contributed by atoms with Crippen molar-refractivity contribution >= 4 is 5.91 Å².